The van der Waals surface area contributed by atoms with Gasteiger partial charge in [-0.15, -0.1) is 0 Å². The van der Waals surface area contributed by atoms with Gasteiger partial charge in [-0.2, -0.15) is 0 Å². The number of carbonyl (C=O) groups is 2. The molecule has 4 heteroatoms. The Morgan fingerprint density at radius 2 is 1.61 bits per heavy atom. The molecule has 0 unspecified atom stereocenters. The molecule has 0 aromatic heterocycles. The fraction of sp³-hybridized carbons (Fsp3) is 0.417. The van der Waals surface area contributed by atoms with E-state index in [0.29, 0.717) is 19.5 Å². The van der Waals surface area contributed by atoms with Crippen LogP contribution >= 0.6 is 0 Å². The number of anilines is 1. The molecule has 2 rings (SSSR count). The van der Waals surface area contributed by atoms with Crippen LogP contribution < -0.4 is 10.2 Å². The summed E-state index contributed by atoms with van der Waals surface area (Å²) in [6.45, 7) is 9.05. The zero-order valence-corrected chi connectivity index (χ0v) is 17.5. The van der Waals surface area contributed by atoms with Crippen molar-refractivity contribution in [1.29, 1.82) is 0 Å². The molecule has 4 nitrogen and oxygen atoms in total. The first-order valence-electron chi connectivity index (χ1n) is 9.96. The first-order chi connectivity index (χ1) is 13.3. The van der Waals surface area contributed by atoms with Crippen LogP contribution in [0.15, 0.2) is 54.6 Å². The van der Waals surface area contributed by atoms with Crippen LogP contribution in [0.1, 0.15) is 51.7 Å². The van der Waals surface area contributed by atoms with Crippen molar-refractivity contribution in [1.82, 2.24) is 5.32 Å². The lowest BCUT2D eigenvalue weighted by Gasteiger charge is -2.23. The largest absolute Gasteiger partial charge is 0.356 e. The van der Waals surface area contributed by atoms with E-state index in [9.17, 15) is 9.59 Å². The second-order valence-corrected chi connectivity index (χ2v) is 8.16. The molecule has 0 fully saturated rings. The van der Waals surface area contributed by atoms with Gasteiger partial charge in [0, 0.05) is 32.1 Å². The summed E-state index contributed by atoms with van der Waals surface area (Å²) in [6, 6.07) is 18.3. The summed E-state index contributed by atoms with van der Waals surface area (Å²) in [6.07, 6.45) is 2.15. The Balaban J connectivity index is 1.80. The number of nitrogens with one attached hydrogen (secondary N) is 1. The summed E-state index contributed by atoms with van der Waals surface area (Å²) < 4.78 is 0. The zero-order valence-electron chi connectivity index (χ0n) is 17.5. The Kier molecular flexibility index (Phi) is 7.80. The molecule has 0 heterocycles. The molecule has 2 aromatic carbocycles. The maximum Gasteiger partial charge on any atom is 0.223 e. The third-order valence-corrected chi connectivity index (χ3v) is 4.79. The van der Waals surface area contributed by atoms with Crippen LogP contribution in [0.3, 0.4) is 0 Å². The normalized spacial score (nSPS) is 11.1. The minimum Gasteiger partial charge on any atom is -0.356 e. The summed E-state index contributed by atoms with van der Waals surface area (Å²) in [4.78, 5) is 25.9. The van der Waals surface area contributed by atoms with Crippen molar-refractivity contribution in [2.75, 3.05) is 18.0 Å². The van der Waals surface area contributed by atoms with E-state index in [-0.39, 0.29) is 17.2 Å². The van der Waals surface area contributed by atoms with Crippen molar-refractivity contribution in [2.24, 2.45) is 0 Å². The first kappa shape index (κ1) is 21.7. The predicted molar refractivity (Wildman–Crippen MR) is 116 cm³/mol. The van der Waals surface area contributed by atoms with E-state index in [4.69, 9.17) is 0 Å². The van der Waals surface area contributed by atoms with Gasteiger partial charge in [0.2, 0.25) is 11.8 Å². The number of benzene rings is 2. The molecule has 2 aromatic rings. The van der Waals surface area contributed by atoms with Crippen LogP contribution in [0.4, 0.5) is 5.69 Å². The van der Waals surface area contributed by atoms with Crippen LogP contribution in [-0.4, -0.2) is 24.9 Å². The van der Waals surface area contributed by atoms with Gasteiger partial charge in [-0.3, -0.25) is 9.59 Å². The molecule has 0 saturated carbocycles. The minimum atomic E-state index is -0.0552. The lowest BCUT2D eigenvalue weighted by Crippen LogP contribution is -2.34. The quantitative estimate of drug-likeness (QED) is 0.687. The minimum absolute atomic E-state index is 0.0226. The van der Waals surface area contributed by atoms with Gasteiger partial charge in [0.25, 0.3) is 0 Å². The average Bonchev–Trinajstić information content (AvgIpc) is 2.66. The van der Waals surface area contributed by atoms with E-state index in [1.165, 1.54) is 18.1 Å². The molecular formula is C24H32N2O2. The van der Waals surface area contributed by atoms with E-state index >= 15 is 0 Å². The molecule has 0 saturated heterocycles. The third-order valence-electron chi connectivity index (χ3n) is 4.79. The van der Waals surface area contributed by atoms with Gasteiger partial charge in [0.15, 0.2) is 0 Å². The second-order valence-electron chi connectivity index (χ2n) is 8.16. The Bertz CT molecular complexity index is 761. The van der Waals surface area contributed by atoms with Gasteiger partial charge < -0.3 is 10.2 Å². The van der Waals surface area contributed by atoms with Crippen molar-refractivity contribution < 1.29 is 9.59 Å². The number of aryl methyl sites for hydroxylation is 1. The van der Waals surface area contributed by atoms with Crippen molar-refractivity contribution in [3.8, 4) is 0 Å². The van der Waals surface area contributed by atoms with Crippen molar-refractivity contribution in [3.63, 3.8) is 0 Å². The van der Waals surface area contributed by atoms with Crippen LogP contribution in [0.25, 0.3) is 0 Å². The van der Waals surface area contributed by atoms with Crippen molar-refractivity contribution >= 4 is 17.5 Å². The second kappa shape index (κ2) is 10.1. The summed E-state index contributed by atoms with van der Waals surface area (Å²) in [5, 5.41) is 2.95. The first-order valence-corrected chi connectivity index (χ1v) is 9.96. The monoisotopic (exact) mass is 380 g/mol. The number of hydrogen-bond acceptors (Lipinski definition) is 2. The fourth-order valence-electron chi connectivity index (χ4n) is 3.08. The highest BCUT2D eigenvalue weighted by Crippen LogP contribution is 2.25. The summed E-state index contributed by atoms with van der Waals surface area (Å²) in [7, 11) is 0. The van der Waals surface area contributed by atoms with Crippen LogP contribution in [0, 0.1) is 0 Å². The van der Waals surface area contributed by atoms with E-state index in [1.807, 2.05) is 30.3 Å². The third kappa shape index (κ3) is 6.84. The van der Waals surface area contributed by atoms with Crippen molar-refractivity contribution in [3.05, 3.63) is 65.7 Å². The molecule has 0 atom stereocenters. The number of carbonyl (C=O) groups excluding carboxylic acids is 2. The molecule has 28 heavy (non-hydrogen) atoms. The molecule has 2 amide bonds. The molecule has 0 aliphatic rings. The summed E-state index contributed by atoms with van der Waals surface area (Å²) >= 11 is 0. The summed E-state index contributed by atoms with van der Waals surface area (Å²) in [5.74, 6) is -0.0778. The highest BCUT2D eigenvalue weighted by Gasteiger charge is 2.16. The Morgan fingerprint density at radius 1 is 0.964 bits per heavy atom. The number of rotatable bonds is 8. The lowest BCUT2D eigenvalue weighted by molar-refractivity contribution is -0.121. The van der Waals surface area contributed by atoms with Crippen LogP contribution in [-0.2, 0) is 21.4 Å². The maximum absolute atomic E-state index is 12.1. The number of hydrogen-bond donors (Lipinski definition) is 1. The number of nitrogens with zero attached hydrogens (tertiary/aromatic N) is 1. The standard InChI is InChI=1S/C24H32N2O2/c1-19(27)26(22-14-12-21(13-15-22)24(2,3)4)18-16-23(28)25-17-8-11-20-9-6-5-7-10-20/h5-7,9-10,12-15H,8,11,16-18H2,1-4H3,(H,25,28). The van der Waals surface area contributed by atoms with Crippen LogP contribution in [0.2, 0.25) is 0 Å². The molecule has 0 aliphatic heterocycles. The maximum atomic E-state index is 12.1. The molecule has 0 bridgehead atoms. The van der Waals surface area contributed by atoms with Gasteiger partial charge in [0.05, 0.1) is 0 Å². The van der Waals surface area contributed by atoms with E-state index in [1.54, 1.807) is 4.90 Å². The Hall–Kier alpha value is -2.62. The van der Waals surface area contributed by atoms with Gasteiger partial charge in [0.1, 0.15) is 0 Å². The van der Waals surface area contributed by atoms with Gasteiger partial charge in [-0.1, -0.05) is 63.2 Å². The Labute approximate surface area is 169 Å². The summed E-state index contributed by atoms with van der Waals surface area (Å²) in [5.41, 5.74) is 3.39. The van der Waals surface area contributed by atoms with E-state index < -0.39 is 0 Å². The van der Waals surface area contributed by atoms with E-state index in [2.05, 4.69) is 50.4 Å². The van der Waals surface area contributed by atoms with Crippen molar-refractivity contribution in [2.45, 2.75) is 52.4 Å². The zero-order chi connectivity index (χ0) is 20.6. The van der Waals surface area contributed by atoms with Gasteiger partial charge in [-0.25, -0.2) is 0 Å². The number of amides is 2. The van der Waals surface area contributed by atoms with E-state index in [0.717, 1.165) is 18.5 Å². The molecule has 1 N–H and O–H groups in total. The highest BCUT2D eigenvalue weighted by molar-refractivity contribution is 5.92. The SMILES string of the molecule is CC(=O)N(CCC(=O)NCCCc1ccccc1)c1ccc(C(C)(C)C)cc1. The predicted octanol–water partition coefficient (Wildman–Crippen LogP) is 4.48. The fourth-order valence-corrected chi connectivity index (χ4v) is 3.08. The van der Waals surface area contributed by atoms with Gasteiger partial charge in [-0.05, 0) is 41.5 Å². The highest BCUT2D eigenvalue weighted by atomic mass is 16.2. The lowest BCUT2D eigenvalue weighted by atomic mass is 9.87. The van der Waals surface area contributed by atoms with Crippen LogP contribution in [0.5, 0.6) is 0 Å². The molecule has 150 valence electrons. The molecule has 0 spiro atoms. The topological polar surface area (TPSA) is 49.4 Å². The Morgan fingerprint density at radius 3 is 2.18 bits per heavy atom. The smallest absolute Gasteiger partial charge is 0.223 e. The average molecular weight is 381 g/mol. The molecular weight excluding hydrogens is 348 g/mol. The molecule has 0 radical (unpaired) electrons. The molecule has 0 aliphatic carbocycles. The van der Waals surface area contributed by atoms with Gasteiger partial charge >= 0.3 is 0 Å².